The molecule has 0 radical (unpaired) electrons. The molecule has 2 saturated heterocycles. The number of fused-ring (bicyclic) bond motifs is 1. The maximum absolute atomic E-state index is 13.5. The highest BCUT2D eigenvalue weighted by molar-refractivity contribution is 5.83. The summed E-state index contributed by atoms with van der Waals surface area (Å²) in [6, 6.07) is 0. The van der Waals surface area contributed by atoms with Gasteiger partial charge in [0.25, 0.3) is 0 Å². The molecular weight excluding hydrogens is 305 g/mol. The summed E-state index contributed by atoms with van der Waals surface area (Å²) >= 11 is 0. The van der Waals surface area contributed by atoms with Crippen LogP contribution in [0, 0.1) is 0 Å². The predicted octanol–water partition coefficient (Wildman–Crippen LogP) is 0.0152. The first-order chi connectivity index (χ1) is 11.2. The van der Waals surface area contributed by atoms with Crippen molar-refractivity contribution in [2.24, 2.45) is 0 Å². The monoisotopic (exact) mass is 323 g/mol. The van der Waals surface area contributed by atoms with Crippen LogP contribution in [0.5, 0.6) is 0 Å². The van der Waals surface area contributed by atoms with Gasteiger partial charge in [0, 0.05) is 13.0 Å². The minimum atomic E-state index is -0.847. The van der Waals surface area contributed by atoms with Gasteiger partial charge in [-0.2, -0.15) is 0 Å². The van der Waals surface area contributed by atoms with Crippen LogP contribution in [0.25, 0.3) is 11.2 Å². The average molecular weight is 323 g/mol. The Morgan fingerprint density at radius 3 is 2.91 bits per heavy atom. The number of rotatable bonds is 3. The summed E-state index contributed by atoms with van der Waals surface area (Å²) < 4.78 is 20.8. The van der Waals surface area contributed by atoms with Crippen LogP contribution < -0.4 is 4.90 Å². The van der Waals surface area contributed by atoms with Crippen molar-refractivity contribution in [3.05, 3.63) is 12.7 Å². The first kappa shape index (κ1) is 14.7. The molecule has 2 aliphatic heterocycles. The minimum absolute atomic E-state index is 0.240. The molecular formula is C14H18FN5O3. The number of nitrogens with zero attached hydrogens (tertiary/aromatic N) is 5. The highest BCUT2D eigenvalue weighted by atomic mass is 19.1. The molecule has 4 heterocycles. The first-order valence-electron chi connectivity index (χ1n) is 7.68. The van der Waals surface area contributed by atoms with Crippen LogP contribution in [0.4, 0.5) is 10.2 Å². The lowest BCUT2D eigenvalue weighted by molar-refractivity contribution is -0.0432. The fourth-order valence-electron chi connectivity index (χ4n) is 3.24. The van der Waals surface area contributed by atoms with E-state index in [0.717, 1.165) is 0 Å². The predicted molar refractivity (Wildman–Crippen MR) is 78.7 cm³/mol. The van der Waals surface area contributed by atoms with Gasteiger partial charge >= 0.3 is 0 Å². The molecule has 4 rings (SSSR count). The second-order valence-corrected chi connectivity index (χ2v) is 5.97. The highest BCUT2D eigenvalue weighted by Crippen LogP contribution is 2.32. The number of imidazole rings is 1. The van der Waals surface area contributed by atoms with Crippen molar-refractivity contribution in [3.63, 3.8) is 0 Å². The van der Waals surface area contributed by atoms with E-state index in [1.807, 2.05) is 4.90 Å². The Bertz CT molecular complexity index is 711. The smallest absolute Gasteiger partial charge is 0.167 e. The fourth-order valence-corrected chi connectivity index (χ4v) is 3.24. The summed E-state index contributed by atoms with van der Waals surface area (Å²) in [6.45, 7) is 0.672. The van der Waals surface area contributed by atoms with Gasteiger partial charge in [-0.1, -0.05) is 0 Å². The molecule has 4 atom stereocenters. The van der Waals surface area contributed by atoms with E-state index in [4.69, 9.17) is 4.74 Å². The number of aliphatic hydroxyl groups is 2. The summed E-state index contributed by atoms with van der Waals surface area (Å²) in [4.78, 5) is 14.7. The minimum Gasteiger partial charge on any atom is -0.394 e. The summed E-state index contributed by atoms with van der Waals surface area (Å²) in [5.41, 5.74) is 1.17. The number of halogens is 1. The Morgan fingerprint density at radius 1 is 1.35 bits per heavy atom. The van der Waals surface area contributed by atoms with Crippen LogP contribution in [0.1, 0.15) is 19.1 Å². The fraction of sp³-hybridized carbons (Fsp3) is 0.643. The third kappa shape index (κ3) is 2.44. The third-order valence-corrected chi connectivity index (χ3v) is 4.46. The molecule has 0 aliphatic carbocycles. The van der Waals surface area contributed by atoms with Crippen LogP contribution in [-0.2, 0) is 4.74 Å². The van der Waals surface area contributed by atoms with Crippen molar-refractivity contribution in [2.45, 2.75) is 37.4 Å². The van der Waals surface area contributed by atoms with Crippen LogP contribution in [-0.4, -0.2) is 67.8 Å². The van der Waals surface area contributed by atoms with Gasteiger partial charge in [0.2, 0.25) is 0 Å². The zero-order valence-corrected chi connectivity index (χ0v) is 12.4. The molecule has 2 aromatic rings. The molecule has 9 heteroatoms. The molecule has 0 unspecified atom stereocenters. The zero-order valence-electron chi connectivity index (χ0n) is 12.4. The quantitative estimate of drug-likeness (QED) is 0.821. The van der Waals surface area contributed by atoms with Crippen LogP contribution in [0.15, 0.2) is 12.7 Å². The summed E-state index contributed by atoms with van der Waals surface area (Å²) in [6.07, 6.45) is 1.23. The second kappa shape index (κ2) is 5.66. The summed E-state index contributed by atoms with van der Waals surface area (Å²) in [5.74, 6) is 0.617. The van der Waals surface area contributed by atoms with Crippen molar-refractivity contribution < 1.29 is 19.3 Å². The van der Waals surface area contributed by atoms with Crippen LogP contribution >= 0.6 is 0 Å². The molecule has 0 bridgehead atoms. The van der Waals surface area contributed by atoms with Gasteiger partial charge in [0.1, 0.15) is 24.8 Å². The van der Waals surface area contributed by atoms with Gasteiger partial charge in [0.15, 0.2) is 17.0 Å². The molecule has 8 nitrogen and oxygen atoms in total. The van der Waals surface area contributed by atoms with E-state index in [1.165, 1.54) is 6.33 Å². The number of aliphatic hydroxyl groups excluding tert-OH is 2. The Labute approximate surface area is 131 Å². The van der Waals surface area contributed by atoms with Gasteiger partial charge in [0.05, 0.1) is 25.6 Å². The van der Waals surface area contributed by atoms with Crippen LogP contribution in [0.2, 0.25) is 0 Å². The van der Waals surface area contributed by atoms with Crippen molar-refractivity contribution in [2.75, 3.05) is 24.6 Å². The molecule has 0 spiro atoms. The number of hydrogen-bond acceptors (Lipinski definition) is 7. The lowest BCUT2D eigenvalue weighted by Crippen LogP contribution is -2.24. The third-order valence-electron chi connectivity index (χ3n) is 4.46. The van der Waals surface area contributed by atoms with Gasteiger partial charge < -0.3 is 19.8 Å². The standard InChI is InChI=1S/C14H18FN5O3/c15-8-1-2-19(4-8)13-12-14(17-6-16-13)20(7-18-12)11-3-9(22)10(5-21)23-11/h6-11,21-22H,1-5H2/t8-,9-,10-,11-/m1/s1. The van der Waals surface area contributed by atoms with E-state index >= 15 is 0 Å². The molecule has 23 heavy (non-hydrogen) atoms. The molecule has 0 amide bonds. The lowest BCUT2D eigenvalue weighted by atomic mass is 10.2. The SMILES string of the molecule is OC[C@H]1O[C@@H](n2cnc3c(N4CC[C@@H](F)C4)ncnc32)C[C@H]1O. The normalized spacial score (nSPS) is 31.3. The molecule has 2 fully saturated rings. The molecule has 0 saturated carbocycles. The maximum Gasteiger partial charge on any atom is 0.167 e. The van der Waals surface area contributed by atoms with Gasteiger partial charge in [-0.05, 0) is 6.42 Å². The number of anilines is 1. The summed E-state index contributed by atoms with van der Waals surface area (Å²) in [7, 11) is 0. The Hall–Kier alpha value is -1.84. The van der Waals surface area contributed by atoms with E-state index in [-0.39, 0.29) is 6.61 Å². The van der Waals surface area contributed by atoms with E-state index < -0.39 is 24.6 Å². The van der Waals surface area contributed by atoms with Gasteiger partial charge in [-0.25, -0.2) is 19.3 Å². The topological polar surface area (TPSA) is 96.5 Å². The second-order valence-electron chi connectivity index (χ2n) is 5.97. The lowest BCUT2D eigenvalue weighted by Gasteiger charge is -2.17. The van der Waals surface area contributed by atoms with Crippen molar-refractivity contribution in [1.82, 2.24) is 19.5 Å². The van der Waals surface area contributed by atoms with E-state index in [2.05, 4.69) is 15.0 Å². The Kier molecular flexibility index (Phi) is 3.63. The van der Waals surface area contributed by atoms with Gasteiger partial charge in [-0.3, -0.25) is 4.57 Å². The van der Waals surface area contributed by atoms with E-state index in [0.29, 0.717) is 42.9 Å². The number of aromatic nitrogens is 4. The molecule has 2 aliphatic rings. The maximum atomic E-state index is 13.5. The van der Waals surface area contributed by atoms with Crippen LogP contribution in [0.3, 0.4) is 0 Å². The number of hydrogen-bond donors (Lipinski definition) is 2. The highest BCUT2D eigenvalue weighted by Gasteiger charge is 2.35. The zero-order chi connectivity index (χ0) is 16.0. The Balaban J connectivity index is 1.68. The summed E-state index contributed by atoms with van der Waals surface area (Å²) in [5, 5.41) is 19.1. The molecule has 0 aromatic carbocycles. The van der Waals surface area contributed by atoms with E-state index in [9.17, 15) is 14.6 Å². The van der Waals surface area contributed by atoms with Gasteiger partial charge in [-0.15, -0.1) is 0 Å². The number of ether oxygens (including phenoxy) is 1. The first-order valence-corrected chi connectivity index (χ1v) is 7.68. The van der Waals surface area contributed by atoms with E-state index in [1.54, 1.807) is 10.9 Å². The van der Waals surface area contributed by atoms with Crippen molar-refractivity contribution in [3.8, 4) is 0 Å². The molecule has 2 aromatic heterocycles. The largest absolute Gasteiger partial charge is 0.394 e. The number of alkyl halides is 1. The Morgan fingerprint density at radius 2 is 2.22 bits per heavy atom. The molecule has 124 valence electrons. The average Bonchev–Trinajstić information content (AvgIpc) is 3.24. The van der Waals surface area contributed by atoms with Crippen molar-refractivity contribution in [1.29, 1.82) is 0 Å². The molecule has 2 N–H and O–H groups in total. The van der Waals surface area contributed by atoms with Crippen molar-refractivity contribution >= 4 is 17.0 Å².